The van der Waals surface area contributed by atoms with Gasteiger partial charge in [0.25, 0.3) is 0 Å². The van der Waals surface area contributed by atoms with Crippen molar-refractivity contribution in [1.82, 2.24) is 0 Å². The molecule has 0 bridgehead atoms. The van der Waals surface area contributed by atoms with Gasteiger partial charge in [-0.3, -0.25) is 0 Å². The van der Waals surface area contributed by atoms with Crippen molar-refractivity contribution in [1.29, 1.82) is 0 Å². The van der Waals surface area contributed by atoms with E-state index < -0.39 is 0 Å². The van der Waals surface area contributed by atoms with Crippen molar-refractivity contribution in [2.75, 3.05) is 0 Å². The maximum Gasteiger partial charge on any atom is 0.165 e. The molecule has 0 spiro atoms. The Balaban J connectivity index is 2.17. The third-order valence-electron chi connectivity index (χ3n) is 2.50. The molecule has 2 heteroatoms. The normalized spacial score (nSPS) is 16.8. The van der Waals surface area contributed by atoms with Gasteiger partial charge in [-0.05, 0) is 37.8 Å². The number of rotatable bonds is 2. The first-order valence-electron chi connectivity index (χ1n) is 4.69. The molecule has 70 valence electrons. The van der Waals surface area contributed by atoms with Crippen molar-refractivity contribution in [2.24, 2.45) is 0 Å². The van der Waals surface area contributed by atoms with Gasteiger partial charge in [-0.1, -0.05) is 12.1 Å². The Morgan fingerprint density at radius 1 is 1.38 bits per heavy atom. The van der Waals surface area contributed by atoms with Gasteiger partial charge in [-0.15, -0.1) is 0 Å². The lowest BCUT2D eigenvalue weighted by Gasteiger charge is -2.27. The summed E-state index contributed by atoms with van der Waals surface area (Å²) >= 11 is 0. The molecule has 0 unspecified atom stereocenters. The third kappa shape index (κ3) is 1.67. The number of aryl methyl sites for hydroxylation is 1. The van der Waals surface area contributed by atoms with Crippen LogP contribution in [-0.4, -0.2) is 6.10 Å². The van der Waals surface area contributed by atoms with Crippen LogP contribution in [0.2, 0.25) is 0 Å². The molecular weight excluding hydrogens is 167 g/mol. The Hall–Kier alpha value is -1.05. The quantitative estimate of drug-likeness (QED) is 0.679. The van der Waals surface area contributed by atoms with Crippen LogP contribution < -0.4 is 4.74 Å². The second kappa shape index (κ2) is 3.36. The van der Waals surface area contributed by atoms with Crippen LogP contribution in [0, 0.1) is 12.7 Å². The fraction of sp³-hybridized carbons (Fsp3) is 0.455. The van der Waals surface area contributed by atoms with Crippen LogP contribution in [-0.2, 0) is 0 Å². The van der Waals surface area contributed by atoms with Gasteiger partial charge in [-0.2, -0.15) is 0 Å². The zero-order valence-electron chi connectivity index (χ0n) is 7.72. The molecule has 1 aliphatic rings. The van der Waals surface area contributed by atoms with Crippen LogP contribution in [0.5, 0.6) is 5.75 Å². The van der Waals surface area contributed by atoms with Gasteiger partial charge < -0.3 is 4.74 Å². The van der Waals surface area contributed by atoms with Crippen molar-refractivity contribution >= 4 is 0 Å². The summed E-state index contributed by atoms with van der Waals surface area (Å²) < 4.78 is 18.8. The molecule has 2 rings (SSSR count). The van der Waals surface area contributed by atoms with Crippen LogP contribution in [0.4, 0.5) is 4.39 Å². The molecule has 0 N–H and O–H groups in total. The molecule has 13 heavy (non-hydrogen) atoms. The SMILES string of the molecule is Cc1cccc(F)c1OC1CCC1. The highest BCUT2D eigenvalue weighted by molar-refractivity contribution is 5.33. The fourth-order valence-corrected chi connectivity index (χ4v) is 1.42. The molecule has 0 saturated heterocycles. The minimum Gasteiger partial charge on any atom is -0.487 e. The predicted octanol–water partition coefficient (Wildman–Crippen LogP) is 3.07. The summed E-state index contributed by atoms with van der Waals surface area (Å²) in [4.78, 5) is 0. The summed E-state index contributed by atoms with van der Waals surface area (Å²) in [5.74, 6) is 0.194. The summed E-state index contributed by atoms with van der Waals surface area (Å²) in [5, 5.41) is 0. The van der Waals surface area contributed by atoms with E-state index in [4.69, 9.17) is 4.74 Å². The number of hydrogen-bond donors (Lipinski definition) is 0. The van der Waals surface area contributed by atoms with Crippen LogP contribution >= 0.6 is 0 Å². The Morgan fingerprint density at radius 3 is 2.69 bits per heavy atom. The van der Waals surface area contributed by atoms with E-state index in [1.165, 1.54) is 12.5 Å². The molecule has 1 aliphatic carbocycles. The lowest BCUT2D eigenvalue weighted by atomic mass is 9.96. The van der Waals surface area contributed by atoms with Crippen molar-refractivity contribution in [2.45, 2.75) is 32.3 Å². The van der Waals surface area contributed by atoms with E-state index in [0.29, 0.717) is 5.75 Å². The number of hydrogen-bond acceptors (Lipinski definition) is 1. The van der Waals surface area contributed by atoms with Gasteiger partial charge >= 0.3 is 0 Å². The van der Waals surface area contributed by atoms with E-state index in [1.807, 2.05) is 13.0 Å². The largest absolute Gasteiger partial charge is 0.487 e. The molecule has 0 heterocycles. The summed E-state index contributed by atoms with van der Waals surface area (Å²) in [6.45, 7) is 1.87. The predicted molar refractivity (Wildman–Crippen MR) is 49.4 cm³/mol. The fourth-order valence-electron chi connectivity index (χ4n) is 1.42. The van der Waals surface area contributed by atoms with Crippen molar-refractivity contribution in [3.05, 3.63) is 29.6 Å². The second-order valence-corrected chi connectivity index (χ2v) is 3.56. The van der Waals surface area contributed by atoms with Gasteiger partial charge in [0.2, 0.25) is 0 Å². The van der Waals surface area contributed by atoms with Gasteiger partial charge in [0.1, 0.15) is 0 Å². The lowest BCUT2D eigenvalue weighted by Crippen LogP contribution is -2.25. The van der Waals surface area contributed by atoms with Crippen molar-refractivity contribution in [3.8, 4) is 5.75 Å². The summed E-state index contributed by atoms with van der Waals surface area (Å²) in [6.07, 6.45) is 3.58. The molecule has 1 nitrogen and oxygen atoms in total. The second-order valence-electron chi connectivity index (χ2n) is 3.56. The van der Waals surface area contributed by atoms with Gasteiger partial charge in [0.15, 0.2) is 11.6 Å². The zero-order chi connectivity index (χ0) is 9.26. The maximum absolute atomic E-state index is 13.2. The number of benzene rings is 1. The highest BCUT2D eigenvalue weighted by Crippen LogP contribution is 2.29. The first-order valence-corrected chi connectivity index (χ1v) is 4.69. The summed E-state index contributed by atoms with van der Waals surface area (Å²) in [6, 6.07) is 5.02. The van der Waals surface area contributed by atoms with Crippen LogP contribution in [0.3, 0.4) is 0 Å². The first kappa shape index (κ1) is 8.54. The minimum absolute atomic E-state index is 0.244. The Kier molecular flexibility index (Phi) is 2.21. The van der Waals surface area contributed by atoms with Crippen LogP contribution in [0.15, 0.2) is 18.2 Å². The molecule has 1 aromatic rings. The molecule has 0 amide bonds. The molecule has 1 saturated carbocycles. The molecule has 0 aliphatic heterocycles. The Labute approximate surface area is 77.5 Å². The monoisotopic (exact) mass is 180 g/mol. The molecule has 0 atom stereocenters. The van der Waals surface area contributed by atoms with Gasteiger partial charge in [0.05, 0.1) is 6.10 Å². The summed E-state index contributed by atoms with van der Waals surface area (Å²) in [7, 11) is 0. The van der Waals surface area contributed by atoms with Gasteiger partial charge in [-0.25, -0.2) is 4.39 Å². The Bertz CT molecular complexity index is 285. The van der Waals surface area contributed by atoms with Gasteiger partial charge in [0, 0.05) is 0 Å². The molecule has 1 fully saturated rings. The van der Waals surface area contributed by atoms with Crippen molar-refractivity contribution < 1.29 is 9.13 Å². The topological polar surface area (TPSA) is 9.23 Å². The first-order chi connectivity index (χ1) is 6.27. The average molecular weight is 180 g/mol. The Morgan fingerprint density at radius 2 is 2.15 bits per heavy atom. The smallest absolute Gasteiger partial charge is 0.165 e. The number of para-hydroxylation sites is 1. The lowest BCUT2D eigenvalue weighted by molar-refractivity contribution is 0.114. The highest BCUT2D eigenvalue weighted by Gasteiger charge is 2.21. The zero-order valence-corrected chi connectivity index (χ0v) is 7.72. The molecular formula is C11H13FO. The molecule has 0 radical (unpaired) electrons. The van der Waals surface area contributed by atoms with Crippen molar-refractivity contribution in [3.63, 3.8) is 0 Å². The van der Waals surface area contributed by atoms with Crippen LogP contribution in [0.1, 0.15) is 24.8 Å². The van der Waals surface area contributed by atoms with E-state index in [2.05, 4.69) is 0 Å². The minimum atomic E-state index is -0.244. The maximum atomic E-state index is 13.2. The van der Waals surface area contributed by atoms with E-state index in [9.17, 15) is 4.39 Å². The van der Waals surface area contributed by atoms with Crippen LogP contribution in [0.25, 0.3) is 0 Å². The third-order valence-corrected chi connectivity index (χ3v) is 2.50. The van der Waals surface area contributed by atoms with E-state index >= 15 is 0 Å². The number of ether oxygens (including phenoxy) is 1. The number of halogens is 1. The van der Waals surface area contributed by atoms with E-state index in [0.717, 1.165) is 18.4 Å². The summed E-state index contributed by atoms with van der Waals surface area (Å²) in [5.41, 5.74) is 0.881. The highest BCUT2D eigenvalue weighted by atomic mass is 19.1. The standard InChI is InChI=1S/C11H13FO/c1-8-4-2-7-10(12)11(8)13-9-5-3-6-9/h2,4,7,9H,3,5-6H2,1H3. The molecule has 0 aromatic heterocycles. The average Bonchev–Trinajstić information content (AvgIpc) is 2.00. The van der Waals surface area contributed by atoms with E-state index in [1.54, 1.807) is 6.07 Å². The molecule has 1 aromatic carbocycles. The van der Waals surface area contributed by atoms with E-state index in [-0.39, 0.29) is 11.9 Å².